The molecule has 2 N–H and O–H groups in total. The molecule has 0 spiro atoms. The van der Waals surface area contributed by atoms with Gasteiger partial charge in [0.1, 0.15) is 5.75 Å². The van der Waals surface area contributed by atoms with E-state index >= 15 is 0 Å². The number of aromatic hydroxyl groups is 1. The van der Waals surface area contributed by atoms with Gasteiger partial charge in [-0.1, -0.05) is 58.5 Å². The molecule has 2 aliphatic carbocycles. The molecule has 0 amide bonds. The van der Waals surface area contributed by atoms with Gasteiger partial charge in [0.15, 0.2) is 5.43 Å². The molecule has 36 heavy (non-hydrogen) atoms. The predicted molar refractivity (Wildman–Crippen MR) is 150 cm³/mol. The summed E-state index contributed by atoms with van der Waals surface area (Å²) >= 11 is 25.6. The summed E-state index contributed by atoms with van der Waals surface area (Å²) in [5, 5.41) is 18.6. The highest BCUT2D eigenvalue weighted by Gasteiger charge is 2.25. The molecule has 0 atom stereocenters. The van der Waals surface area contributed by atoms with Gasteiger partial charge in [0.05, 0.1) is 37.5 Å². The van der Waals surface area contributed by atoms with Crippen molar-refractivity contribution in [3.05, 3.63) is 108 Å². The molecule has 4 nitrogen and oxygen atoms in total. The van der Waals surface area contributed by atoms with Gasteiger partial charge in [0.25, 0.3) is 0 Å². The predicted octanol–water partition coefficient (Wildman–Crippen LogP) is 8.63. The summed E-state index contributed by atoms with van der Waals surface area (Å²) in [6.07, 6.45) is 0. The Morgan fingerprint density at radius 1 is 0.750 bits per heavy atom. The molecule has 0 bridgehead atoms. The molecular weight excluding hydrogens is 538 g/mol. The third kappa shape index (κ3) is 3.78. The van der Waals surface area contributed by atoms with Crippen LogP contribution in [0.15, 0.2) is 82.6 Å². The van der Waals surface area contributed by atoms with Crippen LogP contribution in [0.3, 0.4) is 0 Å². The number of benzene rings is 6. The van der Waals surface area contributed by atoms with Crippen molar-refractivity contribution >= 4 is 85.0 Å². The molecule has 2 aliphatic rings. The highest BCUT2D eigenvalue weighted by Crippen LogP contribution is 2.47. The second kappa shape index (κ2) is 8.68. The van der Waals surface area contributed by atoms with E-state index < -0.39 is 0 Å². The van der Waals surface area contributed by atoms with Crippen LogP contribution in [0.25, 0.3) is 32.7 Å². The lowest BCUT2D eigenvalue weighted by atomic mass is 9.87. The first kappa shape index (κ1) is 23.1. The van der Waals surface area contributed by atoms with Crippen LogP contribution in [0.1, 0.15) is 0 Å². The zero-order valence-electron chi connectivity index (χ0n) is 18.2. The summed E-state index contributed by atoms with van der Waals surface area (Å²) in [6.45, 7) is 0. The summed E-state index contributed by atoms with van der Waals surface area (Å²) < 4.78 is 0. The standard InChI is InChI=1S/C28H14Cl4N2O2/c29-13-3-1-5-15(7-13)33-21-9-17-19(31)12-24(36)28-22(34-16-6-2-4-14(30)8-16)10-18-20(32)11-23(35)27(21)25(18)26(17)28/h1-12,33,36H. The molecule has 0 fully saturated rings. The maximum Gasteiger partial charge on any atom is 0.190 e. The average Bonchev–Trinajstić information content (AvgIpc) is 2.81. The van der Waals surface area contributed by atoms with Gasteiger partial charge in [-0.15, -0.1) is 0 Å². The molecule has 0 aliphatic heterocycles. The molecule has 0 saturated heterocycles. The fourth-order valence-electron chi connectivity index (χ4n) is 4.64. The van der Waals surface area contributed by atoms with E-state index in [1.165, 1.54) is 12.1 Å². The summed E-state index contributed by atoms with van der Waals surface area (Å²) in [4.78, 5) is 18.0. The van der Waals surface area contributed by atoms with Gasteiger partial charge >= 0.3 is 0 Å². The Bertz CT molecular complexity index is 1910. The van der Waals surface area contributed by atoms with Crippen molar-refractivity contribution in [2.45, 2.75) is 0 Å². The van der Waals surface area contributed by atoms with Gasteiger partial charge in [-0.2, -0.15) is 0 Å². The van der Waals surface area contributed by atoms with Crippen LogP contribution < -0.4 is 16.1 Å². The molecule has 8 heteroatoms. The van der Waals surface area contributed by atoms with Gasteiger partial charge < -0.3 is 10.4 Å². The first-order valence-corrected chi connectivity index (χ1v) is 12.3. The largest absolute Gasteiger partial charge is 0.507 e. The molecule has 176 valence electrons. The number of phenolic OH excluding ortho intramolecular Hbond substituents is 1. The van der Waals surface area contributed by atoms with Crippen molar-refractivity contribution in [1.29, 1.82) is 0 Å². The summed E-state index contributed by atoms with van der Waals surface area (Å²) in [6, 6.07) is 20.7. The van der Waals surface area contributed by atoms with Crippen molar-refractivity contribution in [2.24, 2.45) is 4.99 Å². The smallest absolute Gasteiger partial charge is 0.190 e. The maximum atomic E-state index is 13.3. The quantitative estimate of drug-likeness (QED) is 0.216. The Morgan fingerprint density at radius 2 is 1.50 bits per heavy atom. The molecular formula is C28H14Cl4N2O2. The van der Waals surface area contributed by atoms with E-state index in [1.807, 2.05) is 18.2 Å². The minimum atomic E-state index is -0.265. The van der Waals surface area contributed by atoms with Crippen LogP contribution in [0.4, 0.5) is 17.1 Å². The Labute approximate surface area is 225 Å². The minimum Gasteiger partial charge on any atom is -0.507 e. The number of phenols is 1. The van der Waals surface area contributed by atoms with E-state index in [9.17, 15) is 9.90 Å². The van der Waals surface area contributed by atoms with Crippen molar-refractivity contribution in [1.82, 2.24) is 0 Å². The number of nitrogens with zero attached hydrogens (tertiary/aromatic N) is 1. The van der Waals surface area contributed by atoms with Gasteiger partial charge in [0.2, 0.25) is 0 Å². The number of hydrogen-bond donors (Lipinski definition) is 2. The molecule has 0 radical (unpaired) electrons. The first-order chi connectivity index (χ1) is 17.3. The van der Waals surface area contributed by atoms with Crippen LogP contribution in [0.5, 0.6) is 5.75 Å². The minimum absolute atomic E-state index is 0.0561. The van der Waals surface area contributed by atoms with E-state index in [0.717, 1.165) is 0 Å². The van der Waals surface area contributed by atoms with Crippen molar-refractivity contribution in [2.75, 3.05) is 5.32 Å². The summed E-state index contributed by atoms with van der Waals surface area (Å²) in [5.41, 5.74) is 2.79. The molecule has 0 saturated carbocycles. The molecule has 0 heterocycles. The van der Waals surface area contributed by atoms with Gasteiger partial charge in [-0.05, 0) is 54.6 Å². The van der Waals surface area contributed by atoms with Crippen molar-refractivity contribution < 1.29 is 5.11 Å². The van der Waals surface area contributed by atoms with Crippen molar-refractivity contribution in [3.8, 4) is 16.9 Å². The molecule has 6 rings (SSSR count). The first-order valence-electron chi connectivity index (χ1n) is 10.8. The summed E-state index contributed by atoms with van der Waals surface area (Å²) in [5.74, 6) is -0.0561. The van der Waals surface area contributed by atoms with Gasteiger partial charge in [-0.3, -0.25) is 4.79 Å². The van der Waals surface area contributed by atoms with Crippen LogP contribution in [-0.2, 0) is 0 Å². The lowest BCUT2D eigenvalue weighted by Gasteiger charge is -2.21. The monoisotopic (exact) mass is 550 g/mol. The highest BCUT2D eigenvalue weighted by molar-refractivity contribution is 6.40. The van der Waals surface area contributed by atoms with E-state index in [1.54, 1.807) is 42.5 Å². The topological polar surface area (TPSA) is 61.7 Å². The van der Waals surface area contributed by atoms with Gasteiger partial charge in [-0.25, -0.2) is 4.99 Å². The number of rotatable bonds is 3. The van der Waals surface area contributed by atoms with Crippen LogP contribution >= 0.6 is 46.4 Å². The van der Waals surface area contributed by atoms with Gasteiger partial charge in [0, 0.05) is 43.7 Å². The third-order valence-electron chi connectivity index (χ3n) is 6.08. The fourth-order valence-corrected chi connectivity index (χ4v) is 5.52. The number of nitrogens with one attached hydrogen (secondary N) is 1. The molecule has 0 unspecified atom stereocenters. The molecule has 4 aromatic rings. The molecule has 4 aromatic carbocycles. The fraction of sp³-hybridized carbons (Fsp3) is 0. The van der Waals surface area contributed by atoms with Crippen LogP contribution in [0.2, 0.25) is 20.1 Å². The number of halogens is 4. The molecule has 0 aromatic heterocycles. The van der Waals surface area contributed by atoms with E-state index in [-0.39, 0.29) is 16.2 Å². The normalized spacial score (nSPS) is 12.3. The van der Waals surface area contributed by atoms with E-state index in [0.29, 0.717) is 70.2 Å². The van der Waals surface area contributed by atoms with Crippen molar-refractivity contribution in [3.63, 3.8) is 0 Å². The summed E-state index contributed by atoms with van der Waals surface area (Å²) in [7, 11) is 0. The van der Waals surface area contributed by atoms with E-state index in [4.69, 9.17) is 51.4 Å². The maximum absolute atomic E-state index is 13.3. The van der Waals surface area contributed by atoms with Crippen LogP contribution in [-0.4, -0.2) is 5.11 Å². The van der Waals surface area contributed by atoms with E-state index in [2.05, 4.69) is 5.32 Å². The second-order valence-electron chi connectivity index (χ2n) is 8.38. The zero-order valence-corrected chi connectivity index (χ0v) is 21.3. The SMILES string of the molecule is O=c1cc(Cl)c2cc(=Nc3cccc(Cl)c3)c3c(O)cc(Cl)c4cc(Nc5cccc(Cl)c5)c1c-2c43. The zero-order chi connectivity index (χ0) is 25.1. The number of hydrogen-bond acceptors (Lipinski definition) is 4. The Kier molecular flexibility index (Phi) is 5.58. The van der Waals surface area contributed by atoms with Crippen LogP contribution in [0, 0.1) is 0 Å². The second-order valence-corrected chi connectivity index (χ2v) is 10.1. The average molecular weight is 552 g/mol. The number of anilines is 2. The Hall–Kier alpha value is -3.28. The lowest BCUT2D eigenvalue weighted by molar-refractivity contribution is 0.481. The highest BCUT2D eigenvalue weighted by atomic mass is 35.5. The third-order valence-corrected chi connectivity index (χ3v) is 7.18. The Balaban J connectivity index is 1.78. The Morgan fingerprint density at radius 3 is 2.25 bits per heavy atom. The lowest BCUT2D eigenvalue weighted by Crippen LogP contribution is -2.12.